The van der Waals surface area contributed by atoms with Crippen LogP contribution in [0.2, 0.25) is 0 Å². The lowest BCUT2D eigenvalue weighted by Crippen LogP contribution is -2.32. The Morgan fingerprint density at radius 2 is 2.24 bits per heavy atom. The summed E-state index contributed by atoms with van der Waals surface area (Å²) in [4.78, 5) is 0. The van der Waals surface area contributed by atoms with Crippen molar-refractivity contribution in [1.29, 1.82) is 0 Å². The summed E-state index contributed by atoms with van der Waals surface area (Å²) in [6.07, 6.45) is 1.89. The molecule has 1 atom stereocenters. The minimum absolute atomic E-state index is 0.196. The molecular formula is C11H16N6. The van der Waals surface area contributed by atoms with E-state index in [1.165, 1.54) is 0 Å². The fourth-order valence-corrected chi connectivity index (χ4v) is 2.21. The molecule has 90 valence electrons. The predicted octanol–water partition coefficient (Wildman–Crippen LogP) is 0.261. The van der Waals surface area contributed by atoms with Gasteiger partial charge in [0.2, 0.25) is 0 Å². The van der Waals surface area contributed by atoms with Crippen LogP contribution in [0.3, 0.4) is 0 Å². The third-order valence-electron chi connectivity index (χ3n) is 3.33. The van der Waals surface area contributed by atoms with Crippen LogP contribution in [0.4, 0.5) is 0 Å². The molecular weight excluding hydrogens is 216 g/mol. The van der Waals surface area contributed by atoms with Crippen LogP contribution in [0, 0.1) is 6.92 Å². The molecule has 2 N–H and O–H groups in total. The lowest BCUT2D eigenvalue weighted by atomic mass is 10.1. The maximum absolute atomic E-state index is 5.99. The maximum atomic E-state index is 5.99. The first-order valence-electron chi connectivity index (χ1n) is 5.84. The summed E-state index contributed by atoms with van der Waals surface area (Å²) >= 11 is 0. The normalized spacial score (nSPS) is 19.4. The number of aromatic nitrogens is 5. The summed E-state index contributed by atoms with van der Waals surface area (Å²) in [6.45, 7) is 2.81. The third-order valence-corrected chi connectivity index (χ3v) is 3.33. The van der Waals surface area contributed by atoms with Crippen LogP contribution in [-0.4, -0.2) is 30.6 Å². The van der Waals surface area contributed by atoms with E-state index in [1.54, 1.807) is 0 Å². The smallest absolute Gasteiger partial charge is 0.184 e. The van der Waals surface area contributed by atoms with Crippen LogP contribution < -0.4 is 5.73 Å². The number of hydrogen-bond donors (Lipinski definition) is 1. The zero-order valence-corrected chi connectivity index (χ0v) is 10.1. The second kappa shape index (κ2) is 3.66. The molecule has 0 spiro atoms. The van der Waals surface area contributed by atoms with Crippen molar-refractivity contribution in [3.05, 3.63) is 17.6 Å². The van der Waals surface area contributed by atoms with E-state index in [4.69, 9.17) is 5.73 Å². The molecule has 0 fully saturated rings. The molecule has 3 rings (SSSR count). The first-order valence-corrected chi connectivity index (χ1v) is 5.84. The second-order valence-corrected chi connectivity index (χ2v) is 4.64. The van der Waals surface area contributed by atoms with Gasteiger partial charge in [0.05, 0.1) is 0 Å². The molecule has 1 unspecified atom stereocenters. The highest BCUT2D eigenvalue weighted by molar-refractivity contribution is 5.50. The Labute approximate surface area is 99.4 Å². The molecule has 1 aliphatic heterocycles. The molecule has 6 heteroatoms. The first-order chi connectivity index (χ1) is 8.15. The number of fused-ring (bicyclic) bond motifs is 1. The van der Waals surface area contributed by atoms with Crippen LogP contribution in [0.25, 0.3) is 11.5 Å². The zero-order chi connectivity index (χ0) is 12.0. The van der Waals surface area contributed by atoms with Gasteiger partial charge in [-0.25, -0.2) is 0 Å². The van der Waals surface area contributed by atoms with E-state index in [0.29, 0.717) is 0 Å². The third kappa shape index (κ3) is 1.64. The van der Waals surface area contributed by atoms with Crippen LogP contribution in [-0.2, 0) is 20.0 Å². The largest absolute Gasteiger partial charge is 0.326 e. The number of aryl methyl sites for hydroxylation is 3. The Bertz CT molecular complexity index is 533. The summed E-state index contributed by atoms with van der Waals surface area (Å²) in [6, 6.07) is 2.22. The molecule has 6 nitrogen and oxygen atoms in total. The van der Waals surface area contributed by atoms with Crippen molar-refractivity contribution in [2.24, 2.45) is 12.8 Å². The van der Waals surface area contributed by atoms with E-state index in [-0.39, 0.29) is 6.04 Å². The molecule has 0 radical (unpaired) electrons. The van der Waals surface area contributed by atoms with Gasteiger partial charge < -0.3 is 10.3 Å². The Hall–Kier alpha value is -1.69. The van der Waals surface area contributed by atoms with Gasteiger partial charge in [-0.05, 0) is 19.4 Å². The Kier molecular flexibility index (Phi) is 2.25. The predicted molar refractivity (Wildman–Crippen MR) is 63.3 cm³/mol. The average Bonchev–Trinajstić information content (AvgIpc) is 2.83. The van der Waals surface area contributed by atoms with E-state index < -0.39 is 0 Å². The zero-order valence-electron chi connectivity index (χ0n) is 10.1. The number of hydrogen-bond acceptors (Lipinski definition) is 4. The summed E-state index contributed by atoms with van der Waals surface area (Å²) < 4.78 is 3.94. The highest BCUT2D eigenvalue weighted by Gasteiger charge is 2.22. The molecule has 0 aliphatic carbocycles. The van der Waals surface area contributed by atoms with Crippen LogP contribution in [0.15, 0.2) is 6.07 Å². The molecule has 2 aromatic heterocycles. The van der Waals surface area contributed by atoms with Crippen molar-refractivity contribution < 1.29 is 0 Å². The Morgan fingerprint density at radius 3 is 2.94 bits per heavy atom. The fourth-order valence-electron chi connectivity index (χ4n) is 2.21. The summed E-state index contributed by atoms with van der Waals surface area (Å²) in [5, 5.41) is 12.9. The average molecular weight is 232 g/mol. The quantitative estimate of drug-likeness (QED) is 0.765. The van der Waals surface area contributed by atoms with Gasteiger partial charge in [-0.15, -0.1) is 10.2 Å². The van der Waals surface area contributed by atoms with Crippen molar-refractivity contribution in [1.82, 2.24) is 24.5 Å². The minimum Gasteiger partial charge on any atom is -0.326 e. The van der Waals surface area contributed by atoms with Crippen LogP contribution in [0.1, 0.15) is 17.9 Å². The van der Waals surface area contributed by atoms with Gasteiger partial charge >= 0.3 is 0 Å². The molecule has 0 bridgehead atoms. The summed E-state index contributed by atoms with van der Waals surface area (Å²) in [5.74, 6) is 1.85. The standard InChI is InChI=1S/C11H16N6/c1-7-5-9(15-16(7)2)11-14-13-10-4-3-8(12)6-17(10)11/h5,8H,3-4,6,12H2,1-2H3. The SMILES string of the molecule is Cc1cc(-c2nnc3n2CC(N)CC3)nn1C. The Balaban J connectivity index is 2.07. The van der Waals surface area contributed by atoms with Crippen molar-refractivity contribution in [3.8, 4) is 11.5 Å². The molecule has 0 aromatic carbocycles. The molecule has 0 saturated heterocycles. The number of nitrogens with zero attached hydrogens (tertiary/aromatic N) is 5. The first kappa shape index (κ1) is 10.5. The maximum Gasteiger partial charge on any atom is 0.184 e. The number of rotatable bonds is 1. The van der Waals surface area contributed by atoms with Gasteiger partial charge in [-0.1, -0.05) is 0 Å². The van der Waals surface area contributed by atoms with Crippen molar-refractivity contribution in [2.75, 3.05) is 0 Å². The van der Waals surface area contributed by atoms with Crippen molar-refractivity contribution >= 4 is 0 Å². The monoisotopic (exact) mass is 232 g/mol. The molecule has 0 saturated carbocycles. The van der Waals surface area contributed by atoms with Gasteiger partial charge in [-0.3, -0.25) is 4.68 Å². The molecule has 1 aliphatic rings. The fraction of sp³-hybridized carbons (Fsp3) is 0.545. The molecule has 0 amide bonds. The lowest BCUT2D eigenvalue weighted by molar-refractivity contribution is 0.456. The second-order valence-electron chi connectivity index (χ2n) is 4.64. The van der Waals surface area contributed by atoms with E-state index in [0.717, 1.165) is 42.4 Å². The highest BCUT2D eigenvalue weighted by atomic mass is 15.3. The highest BCUT2D eigenvalue weighted by Crippen LogP contribution is 2.21. The van der Waals surface area contributed by atoms with Gasteiger partial charge in [0, 0.05) is 31.7 Å². The van der Waals surface area contributed by atoms with Crippen LogP contribution in [0.5, 0.6) is 0 Å². The van der Waals surface area contributed by atoms with Gasteiger partial charge in [0.1, 0.15) is 11.5 Å². The van der Waals surface area contributed by atoms with Gasteiger partial charge in [-0.2, -0.15) is 5.10 Å². The van der Waals surface area contributed by atoms with E-state index in [2.05, 4.69) is 19.9 Å². The van der Waals surface area contributed by atoms with Crippen molar-refractivity contribution in [3.63, 3.8) is 0 Å². The Morgan fingerprint density at radius 1 is 1.41 bits per heavy atom. The van der Waals surface area contributed by atoms with Crippen molar-refractivity contribution in [2.45, 2.75) is 32.4 Å². The van der Waals surface area contributed by atoms with Gasteiger partial charge in [0.15, 0.2) is 5.82 Å². The summed E-state index contributed by atoms with van der Waals surface area (Å²) in [7, 11) is 1.93. The van der Waals surface area contributed by atoms with E-state index in [1.807, 2.05) is 24.7 Å². The number of nitrogens with two attached hydrogens (primary N) is 1. The van der Waals surface area contributed by atoms with E-state index in [9.17, 15) is 0 Å². The minimum atomic E-state index is 0.196. The van der Waals surface area contributed by atoms with Gasteiger partial charge in [0.25, 0.3) is 0 Å². The topological polar surface area (TPSA) is 74.6 Å². The molecule has 17 heavy (non-hydrogen) atoms. The summed E-state index contributed by atoms with van der Waals surface area (Å²) in [5.41, 5.74) is 7.97. The van der Waals surface area contributed by atoms with Crippen LogP contribution >= 0.6 is 0 Å². The molecule has 3 heterocycles. The lowest BCUT2D eigenvalue weighted by Gasteiger charge is -2.20. The van der Waals surface area contributed by atoms with E-state index >= 15 is 0 Å². The molecule has 2 aromatic rings.